The Balaban J connectivity index is 0.000000423. The summed E-state index contributed by atoms with van der Waals surface area (Å²) in [5.74, 6) is -10.0. The van der Waals surface area contributed by atoms with Gasteiger partial charge in [-0.1, -0.05) is 0 Å². The van der Waals surface area contributed by atoms with Crippen molar-refractivity contribution in [3.63, 3.8) is 0 Å². The zero-order chi connectivity index (χ0) is 12.2. The number of hydrogen-bond donors (Lipinski definition) is 0. The molecule has 0 fully saturated rings. The lowest BCUT2D eigenvalue weighted by Crippen LogP contribution is -1.98. The maximum Gasteiger partial charge on any atom is 0.643 e. The van der Waals surface area contributed by atoms with Gasteiger partial charge in [0.2, 0.25) is 5.82 Å². The molecule has 0 N–H and O–H groups in total. The van der Waals surface area contributed by atoms with Crippen LogP contribution in [0.15, 0.2) is 0 Å². The zero-order valence-electron chi connectivity index (χ0n) is 6.60. The molecule has 15 heavy (non-hydrogen) atoms. The highest BCUT2D eigenvalue weighted by atomic mass is 35.8. The Morgan fingerprint density at radius 3 is 1.27 bits per heavy atom. The first kappa shape index (κ1) is 15.3. The fourth-order valence-electron chi connectivity index (χ4n) is 0.495. The normalized spacial score (nSPS) is 9.33. The van der Waals surface area contributed by atoms with Crippen LogP contribution in [0.25, 0.3) is 0 Å². The molecule has 0 saturated carbocycles. The third-order valence-corrected chi connectivity index (χ3v) is 0.990. The van der Waals surface area contributed by atoms with Gasteiger partial charge in [0.15, 0.2) is 23.3 Å². The predicted octanol–water partition coefficient (Wildman–Crippen LogP) is 3.87. The zero-order valence-corrected chi connectivity index (χ0v) is 10.0. The Bertz CT molecular complexity index is 317. The minimum Gasteiger partial charge on any atom is -0.214 e. The second kappa shape index (κ2) is 6.77. The van der Waals surface area contributed by atoms with E-state index < -0.39 is 40.5 Å². The first-order valence-corrected chi connectivity index (χ1v) is 8.34. The quantitative estimate of drug-likeness (QED) is 0.295. The van der Waals surface area contributed by atoms with E-state index in [2.05, 4.69) is 0 Å². The third-order valence-electron chi connectivity index (χ3n) is 0.990. The molecule has 0 aromatic heterocycles. The second-order valence-corrected chi connectivity index (χ2v) is 8.38. The monoisotopic (exact) mass is 299 g/mol. The van der Waals surface area contributed by atoms with Gasteiger partial charge >= 0.3 is 11.4 Å². The molecule has 0 aliphatic carbocycles. The van der Waals surface area contributed by atoms with Crippen molar-refractivity contribution in [2.45, 2.75) is 0 Å². The van der Waals surface area contributed by atoms with Crippen molar-refractivity contribution in [3.05, 3.63) is 35.2 Å². The van der Waals surface area contributed by atoms with Gasteiger partial charge in [0.1, 0.15) is 0 Å². The average molecular weight is 300 g/mol. The average Bonchev–Trinajstić information content (AvgIpc) is 2.11. The van der Waals surface area contributed by atoms with Crippen molar-refractivity contribution < 1.29 is 22.0 Å². The van der Waals surface area contributed by atoms with E-state index in [4.69, 9.17) is 30.1 Å². The van der Waals surface area contributed by atoms with Gasteiger partial charge in [-0.15, -0.1) is 0 Å². The highest BCUT2D eigenvalue weighted by Gasteiger charge is 2.18. The maximum atomic E-state index is 12.0. The lowest BCUT2D eigenvalue weighted by molar-refractivity contribution is 0.377. The molecule has 1 aromatic rings. The first-order valence-electron chi connectivity index (χ1n) is 3.10. The first-order chi connectivity index (χ1) is 6.77. The number of rotatable bonds is 0. The number of benzene rings is 1. The van der Waals surface area contributed by atoms with E-state index in [1.54, 1.807) is 0 Å². The Hall–Kier alpha value is 0.272. The van der Waals surface area contributed by atoms with E-state index in [0.29, 0.717) is 0 Å². The fraction of sp³-hybridized carbons (Fsp3) is 0. The van der Waals surface area contributed by atoms with Crippen molar-refractivity contribution in [2.75, 3.05) is 0 Å². The van der Waals surface area contributed by atoms with E-state index in [1.807, 2.05) is 0 Å². The van der Waals surface area contributed by atoms with Crippen LogP contribution < -0.4 is 0 Å². The van der Waals surface area contributed by atoms with Gasteiger partial charge < -0.3 is 0 Å². The summed E-state index contributed by atoms with van der Waals surface area (Å²) in [6.45, 7) is 0. The molecule has 0 unspecified atom stereocenters. The van der Waals surface area contributed by atoms with Crippen molar-refractivity contribution in [1.29, 1.82) is 0 Å². The van der Waals surface area contributed by atoms with Crippen LogP contribution in [0.2, 0.25) is 0 Å². The summed E-state index contributed by atoms with van der Waals surface area (Å²) in [7, 11) is 14.8. The van der Waals surface area contributed by atoms with Crippen molar-refractivity contribution >= 4 is 41.5 Å². The second-order valence-electron chi connectivity index (χ2n) is 1.94. The van der Waals surface area contributed by atoms with Gasteiger partial charge in [0.05, 0.1) is 6.07 Å². The molecule has 0 aliphatic heterocycles. The minimum absolute atomic E-state index is 1.02. The minimum atomic E-state index is -2.17. The number of hydrogen-bond acceptors (Lipinski definition) is 0. The van der Waals surface area contributed by atoms with Crippen LogP contribution in [0.1, 0.15) is 0 Å². The SMILES string of the molecule is Fc1[c]c(F)c(F)c(F)c1F.[Cl][Al]([Cl])[Cl]. The summed E-state index contributed by atoms with van der Waals surface area (Å²) in [4.78, 5) is 0. The van der Waals surface area contributed by atoms with Crippen LogP contribution in [0.5, 0.6) is 0 Å². The summed E-state index contributed by atoms with van der Waals surface area (Å²) >= 11 is -1.72. The third kappa shape index (κ3) is 5.23. The molecule has 0 spiro atoms. The number of halogens is 8. The molecule has 0 amide bonds. The molecule has 0 nitrogen and oxygen atoms in total. The van der Waals surface area contributed by atoms with Gasteiger partial charge in [-0.05, 0) is 0 Å². The Morgan fingerprint density at radius 1 is 0.733 bits per heavy atom. The largest absolute Gasteiger partial charge is 0.643 e. The van der Waals surface area contributed by atoms with Crippen molar-refractivity contribution in [1.82, 2.24) is 0 Å². The molecule has 9 heteroatoms. The van der Waals surface area contributed by atoms with Crippen LogP contribution >= 0.6 is 30.1 Å². The van der Waals surface area contributed by atoms with Crippen molar-refractivity contribution in [3.8, 4) is 0 Å². The molecule has 0 aliphatic rings. The molecule has 1 aromatic carbocycles. The van der Waals surface area contributed by atoms with Gasteiger partial charge in [-0.2, -0.15) is 0 Å². The van der Waals surface area contributed by atoms with Crippen molar-refractivity contribution in [2.24, 2.45) is 0 Å². The van der Waals surface area contributed by atoms with E-state index in [9.17, 15) is 22.0 Å². The molecule has 0 heterocycles. The van der Waals surface area contributed by atoms with E-state index >= 15 is 0 Å². The molecular formula is C6AlCl3F5. The van der Waals surface area contributed by atoms with Gasteiger partial charge in [-0.3, -0.25) is 0 Å². The Labute approximate surface area is 98.5 Å². The summed E-state index contributed by atoms with van der Waals surface area (Å²) in [6, 6.07) is 1.02. The smallest absolute Gasteiger partial charge is 0.214 e. The summed E-state index contributed by atoms with van der Waals surface area (Å²) in [5.41, 5.74) is 0. The molecule has 0 saturated heterocycles. The Kier molecular flexibility index (Phi) is 6.89. The lowest BCUT2D eigenvalue weighted by atomic mass is 10.3. The van der Waals surface area contributed by atoms with Crippen LogP contribution in [0, 0.1) is 35.2 Å². The summed E-state index contributed by atoms with van der Waals surface area (Å²) in [6.07, 6.45) is 0. The van der Waals surface area contributed by atoms with Gasteiger partial charge in [-0.25, -0.2) is 52.1 Å². The molecule has 83 valence electrons. The van der Waals surface area contributed by atoms with E-state index in [-0.39, 0.29) is 0 Å². The molecule has 1 radical (unpaired) electrons. The van der Waals surface area contributed by atoms with E-state index in [0.717, 1.165) is 6.07 Å². The predicted molar refractivity (Wildman–Crippen MR) is 48.4 cm³/mol. The summed E-state index contributed by atoms with van der Waals surface area (Å²) in [5, 5.41) is 0. The topological polar surface area (TPSA) is 0 Å². The highest BCUT2D eigenvalue weighted by molar-refractivity contribution is 7.54. The molecule has 0 bridgehead atoms. The lowest BCUT2D eigenvalue weighted by Gasteiger charge is -1.95. The molecule has 0 atom stereocenters. The molecular weight excluding hydrogens is 300 g/mol. The fourth-order valence-corrected chi connectivity index (χ4v) is 0.495. The van der Waals surface area contributed by atoms with Crippen LogP contribution in [-0.4, -0.2) is 11.4 Å². The molecule has 1 rings (SSSR count). The van der Waals surface area contributed by atoms with Crippen LogP contribution in [0.4, 0.5) is 22.0 Å². The highest BCUT2D eigenvalue weighted by Crippen LogP contribution is 2.16. The van der Waals surface area contributed by atoms with Crippen LogP contribution in [0.3, 0.4) is 0 Å². The van der Waals surface area contributed by atoms with Gasteiger partial charge in [0.25, 0.3) is 0 Å². The standard InChI is InChI=1S/C6F5.Al.3ClH/c7-2-1-3(8)5(10)6(11)4(2)9;;;;/h;;3*1H/q;+3;;;/p-3. The van der Waals surface area contributed by atoms with Crippen LogP contribution in [-0.2, 0) is 0 Å². The van der Waals surface area contributed by atoms with E-state index in [1.165, 1.54) is 0 Å². The summed E-state index contributed by atoms with van der Waals surface area (Å²) < 4.78 is 59.9. The Morgan fingerprint density at radius 2 is 1.00 bits per heavy atom. The van der Waals surface area contributed by atoms with Gasteiger partial charge in [0, 0.05) is 0 Å². The maximum absolute atomic E-state index is 12.0.